The van der Waals surface area contributed by atoms with Crippen LogP contribution in [0.5, 0.6) is 11.5 Å². The van der Waals surface area contributed by atoms with E-state index >= 15 is 0 Å². The number of benzene rings is 2. The Morgan fingerprint density at radius 2 is 1.59 bits per heavy atom. The zero-order valence-electron chi connectivity index (χ0n) is 13.1. The van der Waals surface area contributed by atoms with Gasteiger partial charge in [0.1, 0.15) is 0 Å². The number of hydrogen-bond acceptors (Lipinski definition) is 3. The molecular weight excluding hydrogens is 298 g/mol. The molecule has 1 N–H and O–H groups in total. The topological polar surface area (TPSA) is 30.5 Å². The SMILES string of the molecule is COc1ccc(CNCCCc2ccc(Cl)cc2)cc1OC. The lowest BCUT2D eigenvalue weighted by Crippen LogP contribution is -2.15. The van der Waals surface area contributed by atoms with Crippen LogP contribution in [0.2, 0.25) is 5.02 Å². The minimum absolute atomic E-state index is 0.758. The first-order valence-corrected chi connectivity index (χ1v) is 7.77. The lowest BCUT2D eigenvalue weighted by Gasteiger charge is -2.10. The number of methoxy groups -OCH3 is 2. The van der Waals surface area contributed by atoms with E-state index in [9.17, 15) is 0 Å². The third-order valence-corrected chi connectivity index (χ3v) is 3.76. The molecule has 2 aromatic carbocycles. The number of nitrogens with one attached hydrogen (secondary N) is 1. The van der Waals surface area contributed by atoms with E-state index in [0.717, 1.165) is 42.5 Å². The van der Waals surface area contributed by atoms with Gasteiger partial charge in [-0.3, -0.25) is 0 Å². The van der Waals surface area contributed by atoms with E-state index < -0.39 is 0 Å². The molecule has 2 aromatic rings. The summed E-state index contributed by atoms with van der Waals surface area (Å²) >= 11 is 5.88. The summed E-state index contributed by atoms with van der Waals surface area (Å²) in [6, 6.07) is 14.0. The number of hydrogen-bond donors (Lipinski definition) is 1. The molecule has 0 saturated carbocycles. The third-order valence-electron chi connectivity index (χ3n) is 3.51. The largest absolute Gasteiger partial charge is 0.493 e. The molecule has 22 heavy (non-hydrogen) atoms. The van der Waals surface area contributed by atoms with Gasteiger partial charge in [-0.1, -0.05) is 29.8 Å². The minimum atomic E-state index is 0.758. The predicted molar refractivity (Wildman–Crippen MR) is 91.0 cm³/mol. The van der Waals surface area contributed by atoms with E-state index in [1.165, 1.54) is 11.1 Å². The second kappa shape index (κ2) is 8.66. The molecule has 0 saturated heterocycles. The predicted octanol–water partition coefficient (Wildman–Crippen LogP) is 4.08. The lowest BCUT2D eigenvalue weighted by atomic mass is 10.1. The number of rotatable bonds is 8. The highest BCUT2D eigenvalue weighted by Crippen LogP contribution is 2.27. The maximum absolute atomic E-state index is 5.88. The van der Waals surface area contributed by atoms with Crippen LogP contribution < -0.4 is 14.8 Å². The Morgan fingerprint density at radius 3 is 2.27 bits per heavy atom. The molecule has 3 nitrogen and oxygen atoms in total. The Labute approximate surface area is 137 Å². The molecule has 118 valence electrons. The maximum atomic E-state index is 5.88. The van der Waals surface area contributed by atoms with Crippen molar-refractivity contribution in [1.82, 2.24) is 5.32 Å². The molecule has 0 aliphatic rings. The van der Waals surface area contributed by atoms with E-state index in [2.05, 4.69) is 17.4 Å². The van der Waals surface area contributed by atoms with Crippen LogP contribution in [0.15, 0.2) is 42.5 Å². The summed E-state index contributed by atoms with van der Waals surface area (Å²) in [5.41, 5.74) is 2.50. The first-order valence-electron chi connectivity index (χ1n) is 7.39. The summed E-state index contributed by atoms with van der Waals surface area (Å²) in [4.78, 5) is 0. The molecule has 0 aliphatic carbocycles. The molecule has 0 fully saturated rings. The van der Waals surface area contributed by atoms with E-state index in [-0.39, 0.29) is 0 Å². The highest BCUT2D eigenvalue weighted by Gasteiger charge is 2.04. The number of halogens is 1. The summed E-state index contributed by atoms with van der Waals surface area (Å²) in [6.07, 6.45) is 2.14. The standard InChI is InChI=1S/C18H22ClNO2/c1-21-17-10-7-15(12-18(17)22-2)13-20-11-3-4-14-5-8-16(19)9-6-14/h5-10,12,20H,3-4,11,13H2,1-2H3. The van der Waals surface area contributed by atoms with E-state index in [1.54, 1.807) is 14.2 Å². The van der Waals surface area contributed by atoms with Gasteiger partial charge in [0.2, 0.25) is 0 Å². The second-order valence-corrected chi connectivity index (χ2v) is 5.53. The number of aryl methyl sites for hydroxylation is 1. The Kier molecular flexibility index (Phi) is 6.56. The van der Waals surface area contributed by atoms with Crippen molar-refractivity contribution in [2.45, 2.75) is 19.4 Å². The van der Waals surface area contributed by atoms with E-state index in [0.29, 0.717) is 0 Å². The van der Waals surface area contributed by atoms with Crippen molar-refractivity contribution >= 4 is 11.6 Å². The fourth-order valence-electron chi connectivity index (χ4n) is 2.29. The molecule has 0 amide bonds. The highest BCUT2D eigenvalue weighted by molar-refractivity contribution is 6.30. The van der Waals surface area contributed by atoms with Crippen LogP contribution in [0.3, 0.4) is 0 Å². The van der Waals surface area contributed by atoms with Gasteiger partial charge in [-0.25, -0.2) is 0 Å². The van der Waals surface area contributed by atoms with Gasteiger partial charge in [0.15, 0.2) is 11.5 Å². The zero-order valence-corrected chi connectivity index (χ0v) is 13.8. The van der Waals surface area contributed by atoms with Crippen LogP contribution in [0, 0.1) is 0 Å². The van der Waals surface area contributed by atoms with Crippen LogP contribution in [-0.4, -0.2) is 20.8 Å². The summed E-state index contributed by atoms with van der Waals surface area (Å²) in [5.74, 6) is 1.52. The van der Waals surface area contributed by atoms with E-state index in [1.807, 2.05) is 30.3 Å². The first kappa shape index (κ1) is 16.7. The monoisotopic (exact) mass is 319 g/mol. The van der Waals surface area contributed by atoms with Crippen molar-refractivity contribution in [2.24, 2.45) is 0 Å². The molecule has 0 spiro atoms. The number of ether oxygens (including phenoxy) is 2. The zero-order chi connectivity index (χ0) is 15.8. The molecule has 0 aromatic heterocycles. The van der Waals surface area contributed by atoms with Crippen molar-refractivity contribution in [3.05, 3.63) is 58.6 Å². The van der Waals surface area contributed by atoms with Crippen LogP contribution in [0.25, 0.3) is 0 Å². The van der Waals surface area contributed by atoms with Gasteiger partial charge in [-0.15, -0.1) is 0 Å². The molecule has 0 bridgehead atoms. The second-order valence-electron chi connectivity index (χ2n) is 5.10. The van der Waals surface area contributed by atoms with Crippen molar-refractivity contribution in [3.63, 3.8) is 0 Å². The summed E-state index contributed by atoms with van der Waals surface area (Å²) in [5, 5.41) is 4.24. The first-order chi connectivity index (χ1) is 10.7. The normalized spacial score (nSPS) is 10.5. The van der Waals surface area contributed by atoms with Crippen LogP contribution in [0.1, 0.15) is 17.5 Å². The molecule has 0 aliphatic heterocycles. The Hall–Kier alpha value is -1.71. The molecule has 2 rings (SSSR count). The molecule has 0 heterocycles. The fraction of sp³-hybridized carbons (Fsp3) is 0.333. The van der Waals surface area contributed by atoms with Gasteiger partial charge in [-0.05, 0) is 54.8 Å². The van der Waals surface area contributed by atoms with Crippen LogP contribution in [-0.2, 0) is 13.0 Å². The molecular formula is C18H22ClNO2. The third kappa shape index (κ3) is 4.93. The molecule has 0 atom stereocenters. The van der Waals surface area contributed by atoms with Crippen LogP contribution >= 0.6 is 11.6 Å². The summed E-state index contributed by atoms with van der Waals surface area (Å²) in [7, 11) is 3.30. The van der Waals surface area contributed by atoms with Gasteiger partial charge in [0, 0.05) is 11.6 Å². The van der Waals surface area contributed by atoms with E-state index in [4.69, 9.17) is 21.1 Å². The Balaban J connectivity index is 1.73. The van der Waals surface area contributed by atoms with Crippen molar-refractivity contribution in [2.75, 3.05) is 20.8 Å². The average Bonchev–Trinajstić information content (AvgIpc) is 2.56. The van der Waals surface area contributed by atoms with Crippen LogP contribution in [0.4, 0.5) is 0 Å². The van der Waals surface area contributed by atoms with Gasteiger partial charge < -0.3 is 14.8 Å². The molecule has 4 heteroatoms. The van der Waals surface area contributed by atoms with Gasteiger partial charge >= 0.3 is 0 Å². The lowest BCUT2D eigenvalue weighted by molar-refractivity contribution is 0.354. The maximum Gasteiger partial charge on any atom is 0.161 e. The molecule has 0 unspecified atom stereocenters. The van der Waals surface area contributed by atoms with Crippen molar-refractivity contribution in [3.8, 4) is 11.5 Å². The smallest absolute Gasteiger partial charge is 0.161 e. The Morgan fingerprint density at radius 1 is 0.909 bits per heavy atom. The van der Waals surface area contributed by atoms with Gasteiger partial charge in [-0.2, -0.15) is 0 Å². The van der Waals surface area contributed by atoms with Crippen molar-refractivity contribution in [1.29, 1.82) is 0 Å². The minimum Gasteiger partial charge on any atom is -0.493 e. The quantitative estimate of drug-likeness (QED) is 0.744. The summed E-state index contributed by atoms with van der Waals surface area (Å²) in [6.45, 7) is 1.79. The Bertz CT molecular complexity index is 584. The van der Waals surface area contributed by atoms with Gasteiger partial charge in [0.05, 0.1) is 14.2 Å². The summed E-state index contributed by atoms with van der Waals surface area (Å²) < 4.78 is 10.5. The van der Waals surface area contributed by atoms with Gasteiger partial charge in [0.25, 0.3) is 0 Å². The van der Waals surface area contributed by atoms with Crippen molar-refractivity contribution < 1.29 is 9.47 Å². The fourth-order valence-corrected chi connectivity index (χ4v) is 2.42. The highest BCUT2D eigenvalue weighted by atomic mass is 35.5. The average molecular weight is 320 g/mol. The molecule has 0 radical (unpaired) electrons.